The molecule has 0 aromatic carbocycles. The molecule has 0 radical (unpaired) electrons. The molecule has 0 aromatic heterocycles. The van der Waals surface area contributed by atoms with Crippen LogP contribution in [0.2, 0.25) is 0 Å². The van der Waals surface area contributed by atoms with Gasteiger partial charge in [-0.25, -0.2) is 0 Å². The fourth-order valence-electron chi connectivity index (χ4n) is 4.91. The molecule has 2 bridgehead atoms. The fraction of sp³-hybridized carbons (Fsp3) is 0.938. The van der Waals surface area contributed by atoms with E-state index in [2.05, 4.69) is 33.1 Å². The quantitative estimate of drug-likeness (QED) is 0.814. The van der Waals surface area contributed by atoms with E-state index >= 15 is 0 Å². The Balaban J connectivity index is 2.44. The summed E-state index contributed by atoms with van der Waals surface area (Å²) in [6, 6.07) is 0. The number of nitrogens with zero attached hydrogens (tertiary/aromatic N) is 1. The van der Waals surface area contributed by atoms with Gasteiger partial charge in [0, 0.05) is 24.2 Å². The number of hydrogen-bond donors (Lipinski definition) is 1. The Morgan fingerprint density at radius 1 is 1.28 bits per heavy atom. The van der Waals surface area contributed by atoms with Gasteiger partial charge in [0.2, 0.25) is 0 Å². The van der Waals surface area contributed by atoms with Crippen LogP contribution in [0.15, 0.2) is 4.99 Å². The van der Waals surface area contributed by atoms with Crippen LogP contribution in [0.25, 0.3) is 0 Å². The molecule has 5 unspecified atom stereocenters. The molecular weight excluding hydrogens is 220 g/mol. The van der Waals surface area contributed by atoms with Crippen molar-refractivity contribution in [3.05, 3.63) is 0 Å². The summed E-state index contributed by atoms with van der Waals surface area (Å²) in [4.78, 5) is 4.70. The largest absolute Gasteiger partial charge is 0.314 e. The number of rotatable bonds is 3. The van der Waals surface area contributed by atoms with Gasteiger partial charge in [-0.1, -0.05) is 20.3 Å². The van der Waals surface area contributed by atoms with E-state index in [1.54, 1.807) is 0 Å². The number of hydrogen-bond acceptors (Lipinski definition) is 2. The first-order valence-electron chi connectivity index (χ1n) is 7.77. The molecule has 0 heterocycles. The molecule has 2 heteroatoms. The van der Waals surface area contributed by atoms with Crippen LogP contribution in [0.1, 0.15) is 52.9 Å². The summed E-state index contributed by atoms with van der Waals surface area (Å²) in [7, 11) is 4.17. The van der Waals surface area contributed by atoms with Crippen molar-refractivity contribution in [2.75, 3.05) is 14.1 Å². The second-order valence-electron chi connectivity index (χ2n) is 6.42. The summed E-state index contributed by atoms with van der Waals surface area (Å²) < 4.78 is 0. The molecule has 3 fully saturated rings. The Morgan fingerprint density at radius 2 is 2.00 bits per heavy atom. The first-order valence-corrected chi connectivity index (χ1v) is 7.77. The zero-order chi connectivity index (χ0) is 13.3. The summed E-state index contributed by atoms with van der Waals surface area (Å²) in [5.74, 6) is 3.04. The molecule has 0 saturated heterocycles. The third-order valence-corrected chi connectivity index (χ3v) is 6.03. The Morgan fingerprint density at radius 3 is 2.50 bits per heavy atom. The molecule has 5 atom stereocenters. The zero-order valence-corrected chi connectivity index (χ0v) is 12.8. The summed E-state index contributed by atoms with van der Waals surface area (Å²) in [5.41, 5.74) is 1.84. The van der Waals surface area contributed by atoms with Crippen LogP contribution < -0.4 is 5.32 Å². The van der Waals surface area contributed by atoms with Gasteiger partial charge in [0.25, 0.3) is 0 Å². The van der Waals surface area contributed by atoms with Crippen LogP contribution >= 0.6 is 0 Å². The normalized spacial score (nSPS) is 46.4. The molecule has 0 amide bonds. The lowest BCUT2D eigenvalue weighted by molar-refractivity contribution is 0.127. The van der Waals surface area contributed by atoms with E-state index in [4.69, 9.17) is 4.99 Å². The molecule has 3 aliphatic rings. The summed E-state index contributed by atoms with van der Waals surface area (Å²) in [6.45, 7) is 7.16. The number of aliphatic imine (C=N–C) groups is 1. The van der Waals surface area contributed by atoms with E-state index in [0.29, 0.717) is 11.5 Å². The van der Waals surface area contributed by atoms with Gasteiger partial charge in [0.1, 0.15) is 0 Å². The van der Waals surface area contributed by atoms with Gasteiger partial charge in [-0.3, -0.25) is 4.99 Å². The van der Waals surface area contributed by atoms with E-state index in [9.17, 15) is 0 Å². The minimum atomic E-state index is 0.302. The molecular formula is C16H30N2. The van der Waals surface area contributed by atoms with Gasteiger partial charge in [-0.2, -0.15) is 0 Å². The Hall–Kier alpha value is -0.370. The minimum absolute atomic E-state index is 0.302. The highest BCUT2D eigenvalue weighted by molar-refractivity contribution is 5.90. The van der Waals surface area contributed by atoms with Crippen LogP contribution in [0, 0.1) is 23.7 Å². The highest BCUT2D eigenvalue weighted by atomic mass is 15.0. The molecule has 2 nitrogen and oxygen atoms in total. The van der Waals surface area contributed by atoms with Crippen LogP contribution in [-0.2, 0) is 0 Å². The maximum absolute atomic E-state index is 4.70. The molecule has 18 heavy (non-hydrogen) atoms. The highest BCUT2D eigenvalue weighted by Crippen LogP contribution is 2.50. The number of nitrogens with one attached hydrogen (secondary N) is 1. The lowest BCUT2D eigenvalue weighted by Gasteiger charge is -2.45. The molecule has 3 saturated carbocycles. The molecule has 0 spiro atoms. The Bertz CT molecular complexity index is 323. The van der Waals surface area contributed by atoms with Gasteiger partial charge in [0.05, 0.1) is 0 Å². The molecule has 1 N–H and O–H groups in total. The average Bonchev–Trinajstić information content (AvgIpc) is 2.61. The topological polar surface area (TPSA) is 24.4 Å². The Kier molecular flexibility index (Phi) is 4.15. The van der Waals surface area contributed by atoms with Crippen molar-refractivity contribution in [2.45, 2.75) is 58.4 Å². The van der Waals surface area contributed by atoms with Crippen molar-refractivity contribution in [1.29, 1.82) is 0 Å². The second-order valence-corrected chi connectivity index (χ2v) is 6.42. The third kappa shape index (κ3) is 1.93. The fourth-order valence-corrected chi connectivity index (χ4v) is 4.91. The monoisotopic (exact) mass is 250 g/mol. The van der Waals surface area contributed by atoms with Gasteiger partial charge < -0.3 is 5.32 Å². The van der Waals surface area contributed by atoms with E-state index in [0.717, 1.165) is 17.8 Å². The lowest BCUT2D eigenvalue weighted by atomic mass is 9.66. The van der Waals surface area contributed by atoms with Gasteiger partial charge in [-0.05, 0) is 57.4 Å². The van der Waals surface area contributed by atoms with E-state index < -0.39 is 0 Å². The van der Waals surface area contributed by atoms with Crippen molar-refractivity contribution in [3.8, 4) is 0 Å². The van der Waals surface area contributed by atoms with E-state index in [-0.39, 0.29) is 0 Å². The van der Waals surface area contributed by atoms with Gasteiger partial charge >= 0.3 is 0 Å². The van der Waals surface area contributed by atoms with Gasteiger partial charge in [0.15, 0.2) is 0 Å². The molecule has 3 rings (SSSR count). The molecule has 104 valence electrons. The van der Waals surface area contributed by atoms with E-state index in [1.807, 2.05) is 7.05 Å². The van der Waals surface area contributed by atoms with Crippen molar-refractivity contribution < 1.29 is 0 Å². The standard InChI is InChI=1S/C16H30N2/c1-6-12-10-11-8-9-14(16(12,3)18-5)13(7-2)15(11)17-4/h11-14,18H,6-10H2,1-5H3. The maximum atomic E-state index is 4.70. The van der Waals surface area contributed by atoms with Crippen molar-refractivity contribution in [2.24, 2.45) is 28.7 Å². The lowest BCUT2D eigenvalue weighted by Crippen LogP contribution is -2.54. The summed E-state index contributed by atoms with van der Waals surface area (Å²) in [5, 5.41) is 3.70. The first-order chi connectivity index (χ1) is 8.62. The van der Waals surface area contributed by atoms with Crippen molar-refractivity contribution in [3.63, 3.8) is 0 Å². The van der Waals surface area contributed by atoms with Crippen molar-refractivity contribution >= 4 is 5.71 Å². The highest BCUT2D eigenvalue weighted by Gasteiger charge is 2.51. The van der Waals surface area contributed by atoms with Crippen molar-refractivity contribution in [1.82, 2.24) is 5.32 Å². The average molecular weight is 250 g/mol. The predicted octanol–water partition coefficient (Wildman–Crippen LogP) is 3.52. The van der Waals surface area contributed by atoms with E-state index in [1.165, 1.54) is 37.8 Å². The zero-order valence-electron chi connectivity index (χ0n) is 12.8. The third-order valence-electron chi connectivity index (χ3n) is 6.03. The Labute approximate surface area is 113 Å². The molecule has 3 aliphatic carbocycles. The molecule has 0 aliphatic heterocycles. The smallest absolute Gasteiger partial charge is 0.0276 e. The summed E-state index contributed by atoms with van der Waals surface area (Å²) >= 11 is 0. The first kappa shape index (κ1) is 14.0. The minimum Gasteiger partial charge on any atom is -0.314 e. The van der Waals surface area contributed by atoms with Gasteiger partial charge in [-0.15, -0.1) is 0 Å². The second kappa shape index (κ2) is 5.32. The van der Waals surface area contributed by atoms with Crippen LogP contribution in [0.4, 0.5) is 0 Å². The van der Waals surface area contributed by atoms with Crippen LogP contribution in [-0.4, -0.2) is 25.3 Å². The molecule has 0 aromatic rings. The number of fused-ring (bicyclic) bond motifs is 4. The van der Waals surface area contributed by atoms with Crippen LogP contribution in [0.5, 0.6) is 0 Å². The van der Waals surface area contributed by atoms with Crippen LogP contribution in [0.3, 0.4) is 0 Å². The SMILES string of the molecule is CCC1C(=NC)C2CCC1C(C)(NC)C(CC)C2. The predicted molar refractivity (Wildman–Crippen MR) is 79.2 cm³/mol. The maximum Gasteiger partial charge on any atom is 0.0276 e. The summed E-state index contributed by atoms with van der Waals surface area (Å²) in [6.07, 6.45) is 6.63.